The zero-order valence-corrected chi connectivity index (χ0v) is 16.7. The summed E-state index contributed by atoms with van der Waals surface area (Å²) in [7, 11) is 0. The van der Waals surface area contributed by atoms with Crippen LogP contribution in [-0.2, 0) is 13.0 Å². The van der Waals surface area contributed by atoms with Crippen LogP contribution in [0, 0.1) is 0 Å². The molecule has 158 valence electrons. The Balaban J connectivity index is 1.66. The van der Waals surface area contributed by atoms with Crippen LogP contribution < -0.4 is 28.1 Å². The number of pyridine rings is 1. The van der Waals surface area contributed by atoms with Gasteiger partial charge >= 0.3 is 0 Å². The molecule has 1 amide bonds. The Morgan fingerprint density at radius 1 is 1.23 bits per heavy atom. The third-order valence-corrected chi connectivity index (χ3v) is 4.59. The summed E-state index contributed by atoms with van der Waals surface area (Å²) in [5.41, 5.74) is 18.1. The molecule has 0 aliphatic heterocycles. The average molecular weight is 410 g/mol. The number of aliphatic hydroxyl groups is 1. The number of aromatic nitrogens is 3. The van der Waals surface area contributed by atoms with Gasteiger partial charge in [-0.1, -0.05) is 12.1 Å². The molecule has 1 unspecified atom stereocenters. The summed E-state index contributed by atoms with van der Waals surface area (Å²) in [5.74, 6) is 5.89. The van der Waals surface area contributed by atoms with Crippen molar-refractivity contribution in [3.05, 3.63) is 65.0 Å². The SMILES string of the molecule is CC(CO)NC(=O)c1ccc(Cn2cc(Cc3cc(N)nc(NN)c3N)cn2)cc1. The van der Waals surface area contributed by atoms with Crippen molar-refractivity contribution in [2.45, 2.75) is 25.9 Å². The van der Waals surface area contributed by atoms with Gasteiger partial charge in [0, 0.05) is 24.2 Å². The number of carbonyl (C=O) groups excluding carboxylic acids is 1. The predicted molar refractivity (Wildman–Crippen MR) is 115 cm³/mol. The number of hydrogen-bond acceptors (Lipinski definition) is 8. The predicted octanol–water partition coefficient (Wildman–Crippen LogP) is 0.478. The van der Waals surface area contributed by atoms with E-state index in [0.29, 0.717) is 35.9 Å². The molecule has 0 aliphatic carbocycles. The summed E-state index contributed by atoms with van der Waals surface area (Å²) < 4.78 is 1.81. The number of benzene rings is 1. The van der Waals surface area contributed by atoms with Gasteiger partial charge in [0.1, 0.15) is 5.82 Å². The first kappa shape index (κ1) is 21.1. The second kappa shape index (κ2) is 9.25. The van der Waals surface area contributed by atoms with Gasteiger partial charge in [-0.2, -0.15) is 5.10 Å². The molecule has 0 bridgehead atoms. The Morgan fingerprint density at radius 2 is 1.97 bits per heavy atom. The monoisotopic (exact) mass is 410 g/mol. The van der Waals surface area contributed by atoms with Crippen molar-refractivity contribution >= 4 is 23.2 Å². The van der Waals surface area contributed by atoms with E-state index in [1.807, 2.05) is 18.3 Å². The fourth-order valence-corrected chi connectivity index (χ4v) is 2.99. The Kier molecular flexibility index (Phi) is 6.50. The lowest BCUT2D eigenvalue weighted by molar-refractivity contribution is 0.0922. The molecule has 0 radical (unpaired) electrons. The molecular formula is C20H26N8O2. The van der Waals surface area contributed by atoms with Gasteiger partial charge in [-0.25, -0.2) is 10.8 Å². The van der Waals surface area contributed by atoms with Crippen molar-refractivity contribution in [3.63, 3.8) is 0 Å². The molecule has 3 rings (SSSR count). The van der Waals surface area contributed by atoms with Crippen molar-refractivity contribution in [2.75, 3.05) is 23.5 Å². The topological polar surface area (TPSA) is 170 Å². The number of nitrogen functional groups attached to an aromatic ring is 3. The van der Waals surface area contributed by atoms with E-state index in [1.54, 1.807) is 36.0 Å². The van der Waals surface area contributed by atoms with E-state index >= 15 is 0 Å². The van der Waals surface area contributed by atoms with Crippen LogP contribution in [0.3, 0.4) is 0 Å². The number of hydrazine groups is 1. The molecule has 2 heterocycles. The number of anilines is 3. The number of nitrogens with one attached hydrogen (secondary N) is 2. The van der Waals surface area contributed by atoms with E-state index in [4.69, 9.17) is 22.4 Å². The Labute approximate surface area is 174 Å². The fraction of sp³-hybridized carbons (Fsp3) is 0.250. The van der Waals surface area contributed by atoms with E-state index in [2.05, 4.69) is 20.8 Å². The molecule has 2 aromatic heterocycles. The summed E-state index contributed by atoms with van der Waals surface area (Å²) in [5, 5.41) is 16.1. The van der Waals surface area contributed by atoms with Crippen LogP contribution in [0.4, 0.5) is 17.3 Å². The van der Waals surface area contributed by atoms with E-state index in [9.17, 15) is 4.79 Å². The van der Waals surface area contributed by atoms with Crippen LogP contribution in [0.25, 0.3) is 0 Å². The van der Waals surface area contributed by atoms with E-state index < -0.39 is 0 Å². The molecule has 9 N–H and O–H groups in total. The number of nitrogens with zero attached hydrogens (tertiary/aromatic N) is 3. The number of carbonyl (C=O) groups is 1. The first-order valence-corrected chi connectivity index (χ1v) is 9.43. The van der Waals surface area contributed by atoms with E-state index in [-0.39, 0.29) is 18.6 Å². The van der Waals surface area contributed by atoms with Gasteiger partial charge in [0.25, 0.3) is 5.91 Å². The average Bonchev–Trinajstić information content (AvgIpc) is 3.17. The third kappa shape index (κ3) is 5.04. The highest BCUT2D eigenvalue weighted by atomic mass is 16.3. The maximum absolute atomic E-state index is 12.1. The minimum Gasteiger partial charge on any atom is -0.395 e. The van der Waals surface area contributed by atoms with Crippen LogP contribution >= 0.6 is 0 Å². The van der Waals surface area contributed by atoms with Crippen molar-refractivity contribution < 1.29 is 9.90 Å². The largest absolute Gasteiger partial charge is 0.395 e. The van der Waals surface area contributed by atoms with E-state index in [0.717, 1.165) is 16.7 Å². The lowest BCUT2D eigenvalue weighted by Gasteiger charge is -2.11. The van der Waals surface area contributed by atoms with Gasteiger partial charge in [0.2, 0.25) is 0 Å². The van der Waals surface area contributed by atoms with Gasteiger partial charge in [-0.15, -0.1) is 0 Å². The lowest BCUT2D eigenvalue weighted by Crippen LogP contribution is -2.34. The van der Waals surface area contributed by atoms with Crippen molar-refractivity contribution in [2.24, 2.45) is 5.84 Å². The molecule has 0 saturated heterocycles. The first-order valence-electron chi connectivity index (χ1n) is 9.43. The van der Waals surface area contributed by atoms with Gasteiger partial charge in [-0.3, -0.25) is 9.48 Å². The number of rotatable bonds is 8. The maximum Gasteiger partial charge on any atom is 0.251 e. The summed E-state index contributed by atoms with van der Waals surface area (Å²) in [4.78, 5) is 16.1. The second-order valence-electron chi connectivity index (χ2n) is 7.09. The highest BCUT2D eigenvalue weighted by molar-refractivity contribution is 5.94. The van der Waals surface area contributed by atoms with Gasteiger partial charge in [0.15, 0.2) is 5.82 Å². The number of aliphatic hydroxyl groups excluding tert-OH is 1. The summed E-state index contributed by atoms with van der Waals surface area (Å²) in [6, 6.07) is 8.68. The third-order valence-electron chi connectivity index (χ3n) is 4.59. The molecule has 0 spiro atoms. The van der Waals surface area contributed by atoms with Crippen LogP contribution in [-0.4, -0.2) is 38.4 Å². The fourth-order valence-electron chi connectivity index (χ4n) is 2.99. The van der Waals surface area contributed by atoms with Crippen LogP contribution in [0.15, 0.2) is 42.7 Å². The summed E-state index contributed by atoms with van der Waals surface area (Å²) in [6.45, 7) is 2.19. The molecular weight excluding hydrogens is 384 g/mol. The molecule has 0 fully saturated rings. The maximum atomic E-state index is 12.1. The van der Waals surface area contributed by atoms with Gasteiger partial charge in [0.05, 0.1) is 25.0 Å². The lowest BCUT2D eigenvalue weighted by atomic mass is 10.1. The zero-order valence-electron chi connectivity index (χ0n) is 16.7. The molecule has 30 heavy (non-hydrogen) atoms. The summed E-state index contributed by atoms with van der Waals surface area (Å²) >= 11 is 0. The molecule has 0 aliphatic rings. The van der Waals surface area contributed by atoms with Crippen LogP contribution in [0.1, 0.15) is 34.0 Å². The summed E-state index contributed by atoms with van der Waals surface area (Å²) in [6.07, 6.45) is 4.23. The number of amides is 1. The normalized spacial score (nSPS) is 11.8. The number of hydrogen-bond donors (Lipinski definition) is 6. The van der Waals surface area contributed by atoms with Crippen molar-refractivity contribution in [3.8, 4) is 0 Å². The molecule has 10 nitrogen and oxygen atoms in total. The Bertz CT molecular complexity index is 1020. The molecule has 10 heteroatoms. The minimum atomic E-state index is -0.291. The van der Waals surface area contributed by atoms with Crippen LogP contribution in [0.2, 0.25) is 0 Å². The minimum absolute atomic E-state index is 0.104. The molecule has 3 aromatic rings. The first-order chi connectivity index (χ1) is 14.4. The molecule has 0 saturated carbocycles. The van der Waals surface area contributed by atoms with E-state index in [1.165, 1.54) is 0 Å². The zero-order chi connectivity index (χ0) is 21.7. The smallest absolute Gasteiger partial charge is 0.251 e. The molecule has 1 aromatic carbocycles. The van der Waals surface area contributed by atoms with Crippen molar-refractivity contribution in [1.82, 2.24) is 20.1 Å². The van der Waals surface area contributed by atoms with Crippen LogP contribution in [0.5, 0.6) is 0 Å². The number of nitrogens with two attached hydrogens (primary N) is 3. The highest BCUT2D eigenvalue weighted by Crippen LogP contribution is 2.24. The highest BCUT2D eigenvalue weighted by Gasteiger charge is 2.11. The standard InChI is InChI=1S/C20H26N8O2/c1-12(11-29)25-20(30)15-4-2-13(3-5-15)9-28-10-14(8-24-28)6-16-7-17(21)26-19(27-23)18(16)22/h2-5,7-8,10,12,29H,6,9,11,22-23H2,1H3,(H,25,30)(H3,21,26,27). The Hall–Kier alpha value is -3.63. The van der Waals surface area contributed by atoms with Gasteiger partial charge < -0.3 is 27.3 Å². The Morgan fingerprint density at radius 3 is 2.63 bits per heavy atom. The van der Waals surface area contributed by atoms with Crippen molar-refractivity contribution in [1.29, 1.82) is 0 Å². The molecule has 1 atom stereocenters. The second-order valence-corrected chi connectivity index (χ2v) is 7.09. The quantitative estimate of drug-likeness (QED) is 0.230. The van der Waals surface area contributed by atoms with Gasteiger partial charge in [-0.05, 0) is 41.8 Å².